The minimum Gasteiger partial charge on any atom is -0.376 e. The SMILES string of the molecule is CCCCCCCCC(C)(N)O. The highest BCUT2D eigenvalue weighted by Gasteiger charge is 2.10. The molecule has 0 bridgehead atoms. The predicted molar refractivity (Wildman–Crippen MR) is 52.8 cm³/mol. The summed E-state index contributed by atoms with van der Waals surface area (Å²) >= 11 is 0. The van der Waals surface area contributed by atoms with Crippen LogP contribution in [0.5, 0.6) is 0 Å². The molecule has 0 saturated carbocycles. The first-order valence-corrected chi connectivity index (χ1v) is 5.07. The molecule has 12 heavy (non-hydrogen) atoms. The summed E-state index contributed by atoms with van der Waals surface area (Å²) in [5.41, 5.74) is 4.48. The van der Waals surface area contributed by atoms with Gasteiger partial charge in [-0.3, -0.25) is 0 Å². The Bertz CT molecular complexity index is 96.5. The number of hydrogen-bond acceptors (Lipinski definition) is 2. The van der Waals surface area contributed by atoms with Crippen LogP contribution in [0.1, 0.15) is 58.8 Å². The van der Waals surface area contributed by atoms with E-state index >= 15 is 0 Å². The maximum Gasteiger partial charge on any atom is 0.110 e. The van der Waals surface area contributed by atoms with Gasteiger partial charge in [-0.15, -0.1) is 0 Å². The lowest BCUT2D eigenvalue weighted by Crippen LogP contribution is -2.35. The Morgan fingerprint density at radius 3 is 2.08 bits per heavy atom. The molecule has 0 saturated heterocycles. The van der Waals surface area contributed by atoms with Gasteiger partial charge >= 0.3 is 0 Å². The lowest BCUT2D eigenvalue weighted by Gasteiger charge is -2.16. The van der Waals surface area contributed by atoms with Gasteiger partial charge < -0.3 is 10.8 Å². The van der Waals surface area contributed by atoms with Crippen LogP contribution in [0.4, 0.5) is 0 Å². The molecular weight excluding hydrogens is 150 g/mol. The van der Waals surface area contributed by atoms with Crippen molar-refractivity contribution in [1.82, 2.24) is 0 Å². The van der Waals surface area contributed by atoms with Gasteiger partial charge in [-0.2, -0.15) is 0 Å². The first-order chi connectivity index (χ1) is 5.56. The Hall–Kier alpha value is -0.0800. The molecule has 0 radical (unpaired) electrons. The van der Waals surface area contributed by atoms with Gasteiger partial charge in [0, 0.05) is 0 Å². The van der Waals surface area contributed by atoms with E-state index in [2.05, 4.69) is 6.92 Å². The summed E-state index contributed by atoms with van der Waals surface area (Å²) in [7, 11) is 0. The molecule has 2 heteroatoms. The van der Waals surface area contributed by atoms with E-state index in [9.17, 15) is 5.11 Å². The van der Waals surface area contributed by atoms with Gasteiger partial charge in [0.25, 0.3) is 0 Å². The fourth-order valence-electron chi connectivity index (χ4n) is 1.26. The quantitative estimate of drug-likeness (QED) is 0.459. The zero-order chi connectivity index (χ0) is 9.45. The van der Waals surface area contributed by atoms with Crippen molar-refractivity contribution in [2.24, 2.45) is 5.73 Å². The second kappa shape index (κ2) is 6.44. The molecule has 0 aliphatic carbocycles. The van der Waals surface area contributed by atoms with E-state index in [-0.39, 0.29) is 0 Å². The van der Waals surface area contributed by atoms with Crippen LogP contribution in [0.25, 0.3) is 0 Å². The van der Waals surface area contributed by atoms with E-state index in [1.807, 2.05) is 0 Å². The minimum absolute atomic E-state index is 0.721. The molecular formula is C10H23NO. The molecule has 0 rings (SSSR count). The number of rotatable bonds is 7. The number of aliphatic hydroxyl groups is 1. The van der Waals surface area contributed by atoms with Crippen LogP contribution in [-0.2, 0) is 0 Å². The molecule has 0 fully saturated rings. The summed E-state index contributed by atoms with van der Waals surface area (Å²) in [6.07, 6.45) is 8.19. The summed E-state index contributed by atoms with van der Waals surface area (Å²) in [6, 6.07) is 0. The van der Waals surface area contributed by atoms with Crippen molar-refractivity contribution in [2.45, 2.75) is 64.5 Å². The van der Waals surface area contributed by atoms with E-state index in [1.54, 1.807) is 6.92 Å². The van der Waals surface area contributed by atoms with Crippen molar-refractivity contribution >= 4 is 0 Å². The minimum atomic E-state index is -0.954. The van der Waals surface area contributed by atoms with E-state index in [0.717, 1.165) is 12.8 Å². The van der Waals surface area contributed by atoms with Crippen molar-refractivity contribution < 1.29 is 5.11 Å². The standard InChI is InChI=1S/C10H23NO/c1-3-4-5-6-7-8-9-10(2,11)12/h12H,3-9,11H2,1-2H3. The van der Waals surface area contributed by atoms with Crippen LogP contribution in [0.3, 0.4) is 0 Å². The Morgan fingerprint density at radius 1 is 1.08 bits per heavy atom. The van der Waals surface area contributed by atoms with E-state index in [1.165, 1.54) is 32.1 Å². The van der Waals surface area contributed by atoms with Gasteiger partial charge in [0.2, 0.25) is 0 Å². The third-order valence-corrected chi connectivity index (χ3v) is 2.04. The molecule has 2 nitrogen and oxygen atoms in total. The molecule has 0 aliphatic heterocycles. The van der Waals surface area contributed by atoms with E-state index < -0.39 is 5.72 Å². The molecule has 0 spiro atoms. The fourth-order valence-corrected chi connectivity index (χ4v) is 1.26. The molecule has 3 N–H and O–H groups in total. The lowest BCUT2D eigenvalue weighted by atomic mass is 10.1. The van der Waals surface area contributed by atoms with Crippen molar-refractivity contribution in [1.29, 1.82) is 0 Å². The predicted octanol–water partition coefficient (Wildman–Crippen LogP) is 2.40. The Morgan fingerprint density at radius 2 is 1.58 bits per heavy atom. The molecule has 74 valence electrons. The molecule has 0 aromatic carbocycles. The normalized spacial score (nSPS) is 16.0. The summed E-state index contributed by atoms with van der Waals surface area (Å²) in [5.74, 6) is 0. The van der Waals surface area contributed by atoms with Crippen LogP contribution < -0.4 is 5.73 Å². The number of hydrogen-bond donors (Lipinski definition) is 2. The van der Waals surface area contributed by atoms with Crippen LogP contribution >= 0.6 is 0 Å². The van der Waals surface area contributed by atoms with Gasteiger partial charge in [0.05, 0.1) is 0 Å². The first-order valence-electron chi connectivity index (χ1n) is 5.07. The smallest absolute Gasteiger partial charge is 0.110 e. The zero-order valence-corrected chi connectivity index (χ0v) is 8.47. The van der Waals surface area contributed by atoms with Crippen LogP contribution in [0.2, 0.25) is 0 Å². The lowest BCUT2D eigenvalue weighted by molar-refractivity contribution is 0.0550. The van der Waals surface area contributed by atoms with Crippen molar-refractivity contribution in [3.63, 3.8) is 0 Å². The van der Waals surface area contributed by atoms with Crippen molar-refractivity contribution in [2.75, 3.05) is 0 Å². The van der Waals surface area contributed by atoms with Crippen LogP contribution in [-0.4, -0.2) is 10.8 Å². The number of nitrogens with two attached hydrogens (primary N) is 1. The molecule has 0 aromatic heterocycles. The van der Waals surface area contributed by atoms with Gasteiger partial charge in [0.1, 0.15) is 5.72 Å². The molecule has 0 heterocycles. The monoisotopic (exact) mass is 173 g/mol. The van der Waals surface area contributed by atoms with Crippen LogP contribution in [0.15, 0.2) is 0 Å². The largest absolute Gasteiger partial charge is 0.376 e. The highest BCUT2D eigenvalue weighted by atomic mass is 16.3. The molecule has 1 unspecified atom stereocenters. The zero-order valence-electron chi connectivity index (χ0n) is 8.47. The van der Waals surface area contributed by atoms with Crippen LogP contribution in [0, 0.1) is 0 Å². The molecule has 1 atom stereocenters. The molecule has 0 aliphatic rings. The van der Waals surface area contributed by atoms with Gasteiger partial charge in [-0.1, -0.05) is 39.0 Å². The Balaban J connectivity index is 3.01. The highest BCUT2D eigenvalue weighted by molar-refractivity contribution is 4.62. The Kier molecular flexibility index (Phi) is 6.39. The summed E-state index contributed by atoms with van der Waals surface area (Å²) in [4.78, 5) is 0. The second-order valence-electron chi connectivity index (χ2n) is 3.87. The van der Waals surface area contributed by atoms with E-state index in [4.69, 9.17) is 5.73 Å². The second-order valence-corrected chi connectivity index (χ2v) is 3.87. The average Bonchev–Trinajstić information content (AvgIpc) is 1.94. The molecule has 0 aromatic rings. The maximum absolute atomic E-state index is 9.20. The van der Waals surface area contributed by atoms with E-state index in [0.29, 0.717) is 0 Å². The first kappa shape index (κ1) is 11.9. The third kappa shape index (κ3) is 9.92. The Labute approximate surface area is 76.2 Å². The van der Waals surface area contributed by atoms with Gasteiger partial charge in [0.15, 0.2) is 0 Å². The summed E-state index contributed by atoms with van der Waals surface area (Å²) < 4.78 is 0. The highest BCUT2D eigenvalue weighted by Crippen LogP contribution is 2.11. The average molecular weight is 173 g/mol. The summed E-state index contributed by atoms with van der Waals surface area (Å²) in [6.45, 7) is 3.88. The van der Waals surface area contributed by atoms with Gasteiger partial charge in [-0.25, -0.2) is 0 Å². The summed E-state index contributed by atoms with van der Waals surface area (Å²) in [5, 5.41) is 9.20. The van der Waals surface area contributed by atoms with Crippen molar-refractivity contribution in [3.05, 3.63) is 0 Å². The maximum atomic E-state index is 9.20. The topological polar surface area (TPSA) is 46.2 Å². The number of unbranched alkanes of at least 4 members (excludes halogenated alkanes) is 5. The van der Waals surface area contributed by atoms with Crippen molar-refractivity contribution in [3.8, 4) is 0 Å². The molecule has 0 amide bonds. The third-order valence-electron chi connectivity index (χ3n) is 2.04. The van der Waals surface area contributed by atoms with Gasteiger partial charge in [-0.05, 0) is 19.8 Å². The fraction of sp³-hybridized carbons (Fsp3) is 1.00.